The molecule has 0 aromatic rings. The van der Waals surface area contributed by atoms with Gasteiger partial charge in [-0.15, -0.1) is 0 Å². The summed E-state index contributed by atoms with van der Waals surface area (Å²) < 4.78 is 32.5. The van der Waals surface area contributed by atoms with Crippen LogP contribution in [-0.4, -0.2) is 142 Å². The van der Waals surface area contributed by atoms with E-state index in [1.807, 2.05) is 0 Å². The van der Waals surface area contributed by atoms with E-state index < -0.39 is 99.3 Å². The minimum Gasteiger partial charge on any atom is -0.462 e. The lowest BCUT2D eigenvalue weighted by molar-refractivity contribution is -0.332. The zero-order chi connectivity index (χ0) is 36.2. The lowest BCUT2D eigenvalue weighted by atomic mass is 9.98. The number of esters is 2. The van der Waals surface area contributed by atoms with Gasteiger partial charge in [0.25, 0.3) is 0 Å². The molecule has 284 valence electrons. The number of carbonyl (C=O) groups is 2. The largest absolute Gasteiger partial charge is 0.462 e. The van der Waals surface area contributed by atoms with Crippen LogP contribution in [0, 0.1) is 0 Å². The van der Waals surface area contributed by atoms with Crippen molar-refractivity contribution in [1.82, 2.24) is 0 Å². The number of ether oxygens (including phenoxy) is 6. The van der Waals surface area contributed by atoms with Crippen LogP contribution in [0.2, 0.25) is 0 Å². The zero-order valence-corrected chi connectivity index (χ0v) is 28.7. The van der Waals surface area contributed by atoms with Crippen molar-refractivity contribution >= 4 is 11.9 Å². The molecule has 0 aliphatic carbocycles. The Hall–Kier alpha value is -2.02. The first-order valence-corrected chi connectivity index (χ1v) is 17.4. The Balaban J connectivity index is 1.82. The van der Waals surface area contributed by atoms with Gasteiger partial charge in [0.2, 0.25) is 0 Å². The highest BCUT2D eigenvalue weighted by molar-refractivity contribution is 5.70. The van der Waals surface area contributed by atoms with Crippen molar-refractivity contribution in [2.24, 2.45) is 0 Å². The third-order valence-corrected chi connectivity index (χ3v) is 8.22. The highest BCUT2D eigenvalue weighted by Gasteiger charge is 2.47. The fourth-order valence-electron chi connectivity index (χ4n) is 5.17. The van der Waals surface area contributed by atoms with Crippen molar-refractivity contribution in [2.45, 2.75) is 152 Å². The molecule has 2 heterocycles. The second-order valence-corrected chi connectivity index (χ2v) is 12.3. The second kappa shape index (κ2) is 24.2. The molecule has 2 aliphatic heterocycles. The molecule has 0 aromatic heterocycles. The van der Waals surface area contributed by atoms with E-state index in [1.54, 1.807) is 6.92 Å². The van der Waals surface area contributed by atoms with Crippen LogP contribution in [-0.2, 0) is 38.0 Å². The van der Waals surface area contributed by atoms with Gasteiger partial charge in [-0.05, 0) is 32.1 Å². The molecular formula is C34H58O15. The minimum atomic E-state index is -1.76. The normalized spacial score (nSPS) is 31.3. The van der Waals surface area contributed by atoms with Crippen LogP contribution in [0.1, 0.15) is 84.5 Å². The van der Waals surface area contributed by atoms with Crippen LogP contribution in [0.3, 0.4) is 0 Å². The first kappa shape index (κ1) is 43.1. The lowest BCUT2D eigenvalue weighted by Gasteiger charge is -2.42. The summed E-state index contributed by atoms with van der Waals surface area (Å²) >= 11 is 0. The van der Waals surface area contributed by atoms with Gasteiger partial charge in [-0.2, -0.15) is 0 Å². The Labute approximate surface area is 288 Å². The highest BCUT2D eigenvalue weighted by atomic mass is 16.7. The SMILES string of the molecule is CCC/C=C\C/C=C\CCCCCCCC(=O)OC(COC(=O)CC)COC1OC(COC2OC(CO)C(O)C(O)C2O)C(O)C(O)C1O. The summed E-state index contributed by atoms with van der Waals surface area (Å²) in [5.74, 6) is -1.05. The second-order valence-electron chi connectivity index (χ2n) is 12.3. The number of hydrogen-bond donors (Lipinski definition) is 7. The standard InChI is InChI=1S/C34H58O15/c1-3-5-6-7-8-9-10-11-12-13-14-15-16-17-26(37)47-22(19-44-25(36)4-2)20-45-33-32(43)30(41)28(39)24(49-33)21-46-34-31(42)29(40)27(38)23(18-35)48-34/h6-7,9-10,22-24,27-35,38-43H,3-5,8,11-21H2,1-2H3/b7-6-,10-9-. The smallest absolute Gasteiger partial charge is 0.306 e. The molecule has 11 unspecified atom stereocenters. The topological polar surface area (TPSA) is 231 Å². The molecule has 0 saturated carbocycles. The molecule has 11 atom stereocenters. The van der Waals surface area contributed by atoms with Gasteiger partial charge < -0.3 is 64.2 Å². The van der Waals surface area contributed by atoms with E-state index >= 15 is 0 Å². The highest BCUT2D eigenvalue weighted by Crippen LogP contribution is 2.26. The summed E-state index contributed by atoms with van der Waals surface area (Å²) in [7, 11) is 0. The minimum absolute atomic E-state index is 0.0952. The summed E-state index contributed by atoms with van der Waals surface area (Å²) in [6, 6.07) is 0. The fraction of sp³-hybridized carbons (Fsp3) is 0.824. The van der Waals surface area contributed by atoms with E-state index in [9.17, 15) is 45.3 Å². The number of aliphatic hydroxyl groups is 7. The summed E-state index contributed by atoms with van der Waals surface area (Å²) in [5, 5.41) is 70.9. The maximum Gasteiger partial charge on any atom is 0.306 e. The third-order valence-electron chi connectivity index (χ3n) is 8.22. The number of unbranched alkanes of at least 4 members (excludes halogenated alkanes) is 6. The van der Waals surface area contributed by atoms with Gasteiger partial charge in [-0.1, -0.05) is 63.8 Å². The molecule has 2 saturated heterocycles. The van der Waals surface area contributed by atoms with Crippen LogP contribution in [0.5, 0.6) is 0 Å². The van der Waals surface area contributed by atoms with E-state index in [-0.39, 0.29) is 19.4 Å². The van der Waals surface area contributed by atoms with Crippen molar-refractivity contribution in [3.8, 4) is 0 Å². The average Bonchev–Trinajstić information content (AvgIpc) is 3.10. The van der Waals surface area contributed by atoms with Gasteiger partial charge >= 0.3 is 11.9 Å². The van der Waals surface area contributed by atoms with E-state index in [2.05, 4.69) is 31.2 Å². The summed E-state index contributed by atoms with van der Waals surface area (Å²) in [5.41, 5.74) is 0. The number of rotatable bonds is 23. The Kier molecular flexibility index (Phi) is 21.3. The molecule has 2 rings (SSSR count). The van der Waals surface area contributed by atoms with E-state index in [0.29, 0.717) is 6.42 Å². The van der Waals surface area contributed by atoms with Gasteiger partial charge in [0.05, 0.1) is 19.8 Å². The molecular weight excluding hydrogens is 648 g/mol. The predicted molar refractivity (Wildman–Crippen MR) is 174 cm³/mol. The zero-order valence-electron chi connectivity index (χ0n) is 28.7. The fourth-order valence-corrected chi connectivity index (χ4v) is 5.17. The van der Waals surface area contributed by atoms with E-state index in [0.717, 1.165) is 51.4 Å². The van der Waals surface area contributed by atoms with E-state index in [1.165, 1.54) is 0 Å². The van der Waals surface area contributed by atoms with Gasteiger partial charge in [0.1, 0.15) is 55.4 Å². The van der Waals surface area contributed by atoms with Gasteiger partial charge in [0.15, 0.2) is 18.7 Å². The quantitative estimate of drug-likeness (QED) is 0.0436. The van der Waals surface area contributed by atoms with Crippen molar-refractivity contribution in [2.75, 3.05) is 26.4 Å². The molecule has 7 N–H and O–H groups in total. The first-order valence-electron chi connectivity index (χ1n) is 17.4. The number of aliphatic hydroxyl groups excluding tert-OH is 7. The van der Waals surface area contributed by atoms with Crippen molar-refractivity contribution < 1.29 is 73.8 Å². The summed E-state index contributed by atoms with van der Waals surface area (Å²) in [6.45, 7) is 1.83. The molecule has 2 aliphatic rings. The predicted octanol–water partition coefficient (Wildman–Crippen LogP) is 0.525. The maximum absolute atomic E-state index is 12.6. The van der Waals surface area contributed by atoms with Crippen molar-refractivity contribution in [3.05, 3.63) is 24.3 Å². The first-order chi connectivity index (χ1) is 23.5. The molecule has 49 heavy (non-hydrogen) atoms. The molecule has 0 amide bonds. The molecule has 2 fully saturated rings. The summed E-state index contributed by atoms with van der Waals surface area (Å²) in [6.07, 6.45) is 0.904. The Morgan fingerprint density at radius 2 is 1.27 bits per heavy atom. The van der Waals surface area contributed by atoms with E-state index in [4.69, 9.17) is 28.4 Å². The molecule has 15 nitrogen and oxygen atoms in total. The van der Waals surface area contributed by atoms with Crippen LogP contribution >= 0.6 is 0 Å². The Morgan fingerprint density at radius 3 is 1.92 bits per heavy atom. The van der Waals surface area contributed by atoms with Crippen LogP contribution in [0.15, 0.2) is 24.3 Å². The molecule has 0 aromatic carbocycles. The molecule has 0 bridgehead atoms. The maximum atomic E-state index is 12.6. The number of hydrogen-bond acceptors (Lipinski definition) is 15. The molecule has 0 spiro atoms. The van der Waals surface area contributed by atoms with Gasteiger partial charge in [-0.25, -0.2) is 0 Å². The van der Waals surface area contributed by atoms with Crippen molar-refractivity contribution in [1.29, 1.82) is 0 Å². The average molecular weight is 707 g/mol. The monoisotopic (exact) mass is 706 g/mol. The van der Waals surface area contributed by atoms with Crippen LogP contribution in [0.4, 0.5) is 0 Å². The molecule has 0 radical (unpaired) electrons. The Bertz CT molecular complexity index is 975. The van der Waals surface area contributed by atoms with Crippen LogP contribution < -0.4 is 0 Å². The third kappa shape index (κ3) is 15.4. The van der Waals surface area contributed by atoms with Gasteiger partial charge in [-0.3, -0.25) is 9.59 Å². The van der Waals surface area contributed by atoms with Crippen LogP contribution in [0.25, 0.3) is 0 Å². The molecule has 15 heteroatoms. The Morgan fingerprint density at radius 1 is 0.673 bits per heavy atom. The summed E-state index contributed by atoms with van der Waals surface area (Å²) in [4.78, 5) is 24.4. The number of allylic oxidation sites excluding steroid dienone is 4. The lowest BCUT2D eigenvalue weighted by Crippen LogP contribution is -2.61. The van der Waals surface area contributed by atoms with Gasteiger partial charge in [0, 0.05) is 12.8 Å². The van der Waals surface area contributed by atoms with Crippen molar-refractivity contribution in [3.63, 3.8) is 0 Å². The number of carbonyl (C=O) groups excluding carboxylic acids is 2.